The molecular formula is C26H32ClN3O5. The largest absolute Gasteiger partial charge is 0.389 e. The van der Waals surface area contributed by atoms with Gasteiger partial charge in [0.25, 0.3) is 0 Å². The predicted octanol–water partition coefficient (Wildman–Crippen LogP) is 3.75. The highest BCUT2D eigenvalue weighted by Gasteiger charge is 2.40. The molecule has 188 valence electrons. The van der Waals surface area contributed by atoms with Gasteiger partial charge in [-0.2, -0.15) is 0 Å². The van der Waals surface area contributed by atoms with Gasteiger partial charge in [-0.1, -0.05) is 48.0 Å². The van der Waals surface area contributed by atoms with Crippen molar-refractivity contribution in [1.82, 2.24) is 10.2 Å². The Morgan fingerprint density at radius 2 is 1.94 bits per heavy atom. The summed E-state index contributed by atoms with van der Waals surface area (Å²) in [6.07, 6.45) is 0.0126. The second kappa shape index (κ2) is 11.9. The maximum atomic E-state index is 13.2. The number of hydrogen-bond donors (Lipinski definition) is 3. The Morgan fingerprint density at radius 1 is 1.14 bits per heavy atom. The molecule has 0 spiro atoms. The average Bonchev–Trinajstić information content (AvgIpc) is 2.82. The summed E-state index contributed by atoms with van der Waals surface area (Å²) in [6.45, 7) is 2.42. The number of carbonyl (C=O) groups excluding carboxylic acids is 2. The Morgan fingerprint density at radius 3 is 2.71 bits per heavy atom. The van der Waals surface area contributed by atoms with Crippen LogP contribution in [0.15, 0.2) is 54.6 Å². The first kappa shape index (κ1) is 25.4. The van der Waals surface area contributed by atoms with E-state index in [-0.39, 0.29) is 56.3 Å². The second-order valence-electron chi connectivity index (χ2n) is 9.13. The molecule has 5 atom stereocenters. The van der Waals surface area contributed by atoms with Crippen LogP contribution in [0.1, 0.15) is 37.8 Å². The predicted molar refractivity (Wildman–Crippen MR) is 133 cm³/mol. The van der Waals surface area contributed by atoms with Crippen molar-refractivity contribution in [2.45, 2.75) is 56.6 Å². The van der Waals surface area contributed by atoms with Crippen molar-refractivity contribution in [2.75, 3.05) is 25.1 Å². The van der Waals surface area contributed by atoms with Gasteiger partial charge in [-0.05, 0) is 43.5 Å². The van der Waals surface area contributed by atoms with Crippen LogP contribution in [0, 0.1) is 0 Å². The number of ether oxygens (including phenoxy) is 2. The van der Waals surface area contributed by atoms with E-state index in [0.29, 0.717) is 23.6 Å². The Balaban J connectivity index is 1.38. The van der Waals surface area contributed by atoms with Gasteiger partial charge in [-0.3, -0.25) is 4.79 Å². The topological polar surface area (TPSA) is 100 Å². The smallest absolute Gasteiger partial charge is 0.322 e. The van der Waals surface area contributed by atoms with Crippen LogP contribution < -0.4 is 10.6 Å². The van der Waals surface area contributed by atoms with Crippen molar-refractivity contribution in [3.05, 3.63) is 65.2 Å². The summed E-state index contributed by atoms with van der Waals surface area (Å²) < 4.78 is 11.9. The SMILES string of the molecule is C[C@H](NC(=O)C[C@H]1CC[C@@H]2[C@H](COC[C@@H](O)CN2C(=O)Nc2cccc(Cl)c2)O1)c1ccccc1. The van der Waals surface area contributed by atoms with Crippen molar-refractivity contribution in [3.63, 3.8) is 0 Å². The van der Waals surface area contributed by atoms with Crippen molar-refractivity contribution in [2.24, 2.45) is 0 Å². The van der Waals surface area contributed by atoms with Crippen LogP contribution in [0.5, 0.6) is 0 Å². The molecule has 2 heterocycles. The number of β-amino-alcohol motifs (C(OH)–C–C–N with tert-alkyl or cyclic N) is 1. The van der Waals surface area contributed by atoms with Crippen LogP contribution >= 0.6 is 11.6 Å². The summed E-state index contributed by atoms with van der Waals surface area (Å²) in [5.74, 6) is -0.0810. The third-order valence-corrected chi connectivity index (χ3v) is 6.64. The first-order chi connectivity index (χ1) is 16.9. The van der Waals surface area contributed by atoms with E-state index in [1.165, 1.54) is 0 Å². The van der Waals surface area contributed by atoms with Crippen LogP contribution in [0.25, 0.3) is 0 Å². The number of fused-ring (bicyclic) bond motifs is 1. The number of nitrogens with one attached hydrogen (secondary N) is 2. The van der Waals surface area contributed by atoms with E-state index in [0.717, 1.165) is 5.56 Å². The summed E-state index contributed by atoms with van der Waals surface area (Å²) in [7, 11) is 0. The van der Waals surface area contributed by atoms with Crippen molar-refractivity contribution >= 4 is 29.2 Å². The molecule has 8 nitrogen and oxygen atoms in total. The maximum Gasteiger partial charge on any atom is 0.322 e. The summed E-state index contributed by atoms with van der Waals surface area (Å²) in [5, 5.41) is 16.7. The summed E-state index contributed by atoms with van der Waals surface area (Å²) in [4.78, 5) is 27.5. The minimum Gasteiger partial charge on any atom is -0.389 e. The first-order valence-corrected chi connectivity index (χ1v) is 12.4. The lowest BCUT2D eigenvalue weighted by atomic mass is 9.94. The van der Waals surface area contributed by atoms with Crippen LogP contribution in [0.4, 0.5) is 10.5 Å². The highest BCUT2D eigenvalue weighted by atomic mass is 35.5. The number of rotatable bonds is 5. The Kier molecular flexibility index (Phi) is 8.62. The van der Waals surface area contributed by atoms with E-state index >= 15 is 0 Å². The summed E-state index contributed by atoms with van der Waals surface area (Å²) in [6, 6.07) is 16.0. The molecule has 4 rings (SSSR count). The number of carbonyl (C=O) groups is 2. The number of anilines is 1. The molecule has 2 aliphatic rings. The highest BCUT2D eigenvalue weighted by Crippen LogP contribution is 2.29. The zero-order valence-corrected chi connectivity index (χ0v) is 20.5. The molecule has 2 fully saturated rings. The molecule has 0 unspecified atom stereocenters. The maximum absolute atomic E-state index is 13.2. The average molecular weight is 502 g/mol. The lowest BCUT2D eigenvalue weighted by Gasteiger charge is -2.44. The number of aliphatic hydroxyl groups excluding tert-OH is 1. The number of hydrogen-bond acceptors (Lipinski definition) is 5. The number of urea groups is 1. The molecule has 2 aromatic rings. The molecular weight excluding hydrogens is 470 g/mol. The Hall–Kier alpha value is -2.65. The van der Waals surface area contributed by atoms with Gasteiger partial charge in [0.2, 0.25) is 5.91 Å². The zero-order valence-electron chi connectivity index (χ0n) is 19.7. The van der Waals surface area contributed by atoms with Gasteiger partial charge in [0.1, 0.15) is 6.10 Å². The molecule has 0 bridgehead atoms. The van der Waals surface area contributed by atoms with Crippen LogP contribution in [-0.4, -0.2) is 66.1 Å². The summed E-state index contributed by atoms with van der Waals surface area (Å²) >= 11 is 6.05. The Bertz CT molecular complexity index is 1010. The van der Waals surface area contributed by atoms with E-state index < -0.39 is 12.2 Å². The van der Waals surface area contributed by atoms with Gasteiger partial charge in [-0.25, -0.2) is 4.79 Å². The van der Waals surface area contributed by atoms with E-state index in [2.05, 4.69) is 10.6 Å². The highest BCUT2D eigenvalue weighted by molar-refractivity contribution is 6.30. The second-order valence-corrected chi connectivity index (χ2v) is 9.57. The fourth-order valence-corrected chi connectivity index (χ4v) is 4.86. The van der Waals surface area contributed by atoms with E-state index in [1.54, 1.807) is 29.2 Å². The van der Waals surface area contributed by atoms with E-state index in [1.807, 2.05) is 37.3 Å². The van der Waals surface area contributed by atoms with Gasteiger partial charge in [-0.15, -0.1) is 0 Å². The third-order valence-electron chi connectivity index (χ3n) is 6.41. The van der Waals surface area contributed by atoms with Crippen molar-refractivity contribution in [1.29, 1.82) is 0 Å². The number of amides is 3. The molecule has 3 amide bonds. The summed E-state index contributed by atoms with van der Waals surface area (Å²) in [5.41, 5.74) is 1.62. The molecule has 9 heteroatoms. The molecule has 0 radical (unpaired) electrons. The van der Waals surface area contributed by atoms with Gasteiger partial charge >= 0.3 is 6.03 Å². The van der Waals surface area contributed by atoms with E-state index in [9.17, 15) is 14.7 Å². The van der Waals surface area contributed by atoms with Gasteiger partial charge < -0.3 is 30.1 Å². The van der Waals surface area contributed by atoms with Crippen LogP contribution in [-0.2, 0) is 14.3 Å². The standard InChI is InChI=1S/C26H32ClN3O5/c1-17(18-6-3-2-4-7-18)28-25(32)13-22-10-11-23-24(35-22)16-34-15-21(31)14-30(23)26(33)29-20-9-5-8-19(27)12-20/h2-9,12,17,21-24,31H,10-11,13-16H2,1H3,(H,28,32)(H,29,33)/t17-,21-,22+,23+,24-/m0/s1. The van der Waals surface area contributed by atoms with Crippen molar-refractivity contribution < 1.29 is 24.2 Å². The Labute approximate surface area is 210 Å². The first-order valence-electron chi connectivity index (χ1n) is 12.0. The minimum absolute atomic E-state index is 0.0810. The van der Waals surface area contributed by atoms with E-state index in [4.69, 9.17) is 21.1 Å². The zero-order chi connectivity index (χ0) is 24.8. The molecule has 0 aliphatic carbocycles. The minimum atomic E-state index is -0.802. The molecule has 0 saturated carbocycles. The van der Waals surface area contributed by atoms with Crippen LogP contribution in [0.2, 0.25) is 5.02 Å². The van der Waals surface area contributed by atoms with Crippen molar-refractivity contribution in [3.8, 4) is 0 Å². The number of benzene rings is 2. The molecule has 0 aromatic heterocycles. The molecule has 35 heavy (non-hydrogen) atoms. The quantitative estimate of drug-likeness (QED) is 0.579. The fraction of sp³-hybridized carbons (Fsp3) is 0.462. The normalized spacial score (nSPS) is 25.5. The number of halogens is 1. The molecule has 2 aliphatic heterocycles. The van der Waals surface area contributed by atoms with Gasteiger partial charge in [0, 0.05) is 10.7 Å². The number of nitrogens with zero attached hydrogens (tertiary/aromatic N) is 1. The van der Waals surface area contributed by atoms with Crippen LogP contribution in [0.3, 0.4) is 0 Å². The lowest BCUT2D eigenvalue weighted by molar-refractivity contribution is -0.150. The monoisotopic (exact) mass is 501 g/mol. The molecule has 2 saturated heterocycles. The van der Waals surface area contributed by atoms with Gasteiger partial charge in [0.05, 0.1) is 50.5 Å². The van der Waals surface area contributed by atoms with Gasteiger partial charge in [0.15, 0.2) is 0 Å². The molecule has 2 aromatic carbocycles. The fourth-order valence-electron chi connectivity index (χ4n) is 4.67. The molecule has 3 N–H and O–H groups in total. The third kappa shape index (κ3) is 6.95. The number of aliphatic hydroxyl groups is 1. The lowest BCUT2D eigenvalue weighted by Crippen LogP contribution is -2.58.